The third-order valence-corrected chi connectivity index (χ3v) is 3.80. The van der Waals surface area contributed by atoms with Gasteiger partial charge in [-0.15, -0.1) is 10.2 Å². The Kier molecular flexibility index (Phi) is 3.78. The van der Waals surface area contributed by atoms with Crippen molar-refractivity contribution in [3.63, 3.8) is 0 Å². The van der Waals surface area contributed by atoms with Crippen LogP contribution in [0.2, 0.25) is 0 Å². The molecular weight excluding hydrogens is 262 g/mol. The zero-order chi connectivity index (χ0) is 14.8. The molecule has 0 bridgehead atoms. The summed E-state index contributed by atoms with van der Waals surface area (Å²) in [5, 5.41) is 11.9. The second-order valence-electron chi connectivity index (χ2n) is 5.52. The van der Waals surface area contributed by atoms with Crippen LogP contribution in [-0.2, 0) is 0 Å². The van der Waals surface area contributed by atoms with Crippen LogP contribution in [0.5, 0.6) is 5.75 Å². The molecule has 0 amide bonds. The Balaban J connectivity index is 1.94. The molecule has 1 aliphatic rings. The van der Waals surface area contributed by atoms with Crippen molar-refractivity contribution in [2.45, 2.75) is 39.7 Å². The molecule has 1 heterocycles. The zero-order valence-corrected chi connectivity index (χ0v) is 12.8. The van der Waals surface area contributed by atoms with E-state index in [-0.39, 0.29) is 0 Å². The van der Waals surface area contributed by atoms with Gasteiger partial charge in [-0.25, -0.2) is 0 Å². The van der Waals surface area contributed by atoms with Crippen LogP contribution in [0.1, 0.15) is 30.9 Å². The van der Waals surface area contributed by atoms with Crippen LogP contribution in [-0.4, -0.2) is 22.8 Å². The van der Waals surface area contributed by atoms with Crippen molar-refractivity contribution in [2.24, 2.45) is 0 Å². The van der Waals surface area contributed by atoms with E-state index < -0.39 is 0 Å². The molecule has 1 N–H and O–H groups in total. The topological polar surface area (TPSA) is 47.0 Å². The zero-order valence-electron chi connectivity index (χ0n) is 12.8. The average Bonchev–Trinajstić information content (AvgIpc) is 3.28. The molecule has 0 saturated heterocycles. The van der Waals surface area contributed by atoms with E-state index in [1.165, 1.54) is 12.8 Å². The number of rotatable bonds is 5. The lowest BCUT2D eigenvalue weighted by atomic mass is 10.0. The van der Waals surface area contributed by atoms with Gasteiger partial charge in [-0.1, -0.05) is 12.1 Å². The first-order valence-corrected chi connectivity index (χ1v) is 7.54. The summed E-state index contributed by atoms with van der Waals surface area (Å²) >= 11 is 0. The van der Waals surface area contributed by atoms with Crippen molar-refractivity contribution in [1.82, 2.24) is 10.2 Å². The summed E-state index contributed by atoms with van der Waals surface area (Å²) < 4.78 is 5.86. The summed E-state index contributed by atoms with van der Waals surface area (Å²) in [6.45, 7) is 7.08. The molecule has 110 valence electrons. The number of aromatic nitrogens is 2. The largest absolute Gasteiger partial charge is 0.490 e. The van der Waals surface area contributed by atoms with Gasteiger partial charge in [-0.2, -0.15) is 0 Å². The summed E-state index contributed by atoms with van der Waals surface area (Å²) in [4.78, 5) is 0. The SMILES string of the molecule is CCNc1nnc(-c2cccc(OC3CC3)c2)c(C)c1C. The number of hydrogen-bond acceptors (Lipinski definition) is 4. The Morgan fingerprint density at radius 1 is 1.19 bits per heavy atom. The number of nitrogens with one attached hydrogen (secondary N) is 1. The lowest BCUT2D eigenvalue weighted by Gasteiger charge is -2.12. The molecule has 4 nitrogen and oxygen atoms in total. The van der Waals surface area contributed by atoms with Crippen LogP contribution in [0.3, 0.4) is 0 Å². The molecule has 0 radical (unpaired) electrons. The smallest absolute Gasteiger partial charge is 0.151 e. The fourth-order valence-electron chi connectivity index (χ4n) is 2.31. The van der Waals surface area contributed by atoms with Gasteiger partial charge in [0.25, 0.3) is 0 Å². The molecule has 1 aliphatic carbocycles. The van der Waals surface area contributed by atoms with E-state index in [1.54, 1.807) is 0 Å². The highest BCUT2D eigenvalue weighted by molar-refractivity contribution is 5.67. The van der Waals surface area contributed by atoms with Gasteiger partial charge in [0.2, 0.25) is 0 Å². The predicted octanol–water partition coefficient (Wildman–Crippen LogP) is 3.73. The van der Waals surface area contributed by atoms with E-state index in [2.05, 4.69) is 48.4 Å². The van der Waals surface area contributed by atoms with Crippen LogP contribution < -0.4 is 10.1 Å². The quantitative estimate of drug-likeness (QED) is 0.908. The molecule has 3 rings (SSSR count). The summed E-state index contributed by atoms with van der Waals surface area (Å²) in [5.41, 5.74) is 4.29. The normalized spacial score (nSPS) is 14.0. The molecule has 1 saturated carbocycles. The maximum atomic E-state index is 5.86. The Bertz CT molecular complexity index is 650. The van der Waals surface area contributed by atoms with Gasteiger partial charge >= 0.3 is 0 Å². The molecule has 2 aromatic rings. The highest BCUT2D eigenvalue weighted by Crippen LogP contribution is 2.31. The number of benzene rings is 1. The summed E-state index contributed by atoms with van der Waals surface area (Å²) in [6.07, 6.45) is 2.74. The van der Waals surface area contributed by atoms with Crippen LogP contribution in [0.25, 0.3) is 11.3 Å². The van der Waals surface area contributed by atoms with E-state index in [1.807, 2.05) is 12.1 Å². The van der Waals surface area contributed by atoms with E-state index >= 15 is 0 Å². The van der Waals surface area contributed by atoms with Gasteiger partial charge in [0.1, 0.15) is 5.75 Å². The average molecular weight is 283 g/mol. The lowest BCUT2D eigenvalue weighted by molar-refractivity contribution is 0.303. The molecule has 0 aliphatic heterocycles. The highest BCUT2D eigenvalue weighted by atomic mass is 16.5. The van der Waals surface area contributed by atoms with E-state index in [0.717, 1.165) is 40.5 Å². The lowest BCUT2D eigenvalue weighted by Crippen LogP contribution is -2.06. The fourth-order valence-corrected chi connectivity index (χ4v) is 2.31. The van der Waals surface area contributed by atoms with Crippen molar-refractivity contribution in [2.75, 3.05) is 11.9 Å². The molecule has 4 heteroatoms. The summed E-state index contributed by atoms with van der Waals surface area (Å²) in [5.74, 6) is 1.79. The molecule has 0 spiro atoms. The Morgan fingerprint density at radius 2 is 2.00 bits per heavy atom. The standard InChI is InChI=1S/C17H21N3O/c1-4-18-17-12(3)11(2)16(19-20-17)13-6-5-7-15(10-13)21-14-8-9-14/h5-7,10,14H,4,8-9H2,1-3H3,(H,18,20). The minimum Gasteiger partial charge on any atom is -0.490 e. The fraction of sp³-hybridized carbons (Fsp3) is 0.412. The Hall–Kier alpha value is -2.10. The number of hydrogen-bond donors (Lipinski definition) is 1. The second kappa shape index (κ2) is 5.72. The Labute approximate surface area is 125 Å². The first kappa shape index (κ1) is 13.9. The number of nitrogens with zero attached hydrogens (tertiary/aromatic N) is 2. The maximum absolute atomic E-state index is 5.86. The van der Waals surface area contributed by atoms with Crippen molar-refractivity contribution in [1.29, 1.82) is 0 Å². The minimum absolute atomic E-state index is 0.408. The van der Waals surface area contributed by atoms with E-state index in [0.29, 0.717) is 6.10 Å². The van der Waals surface area contributed by atoms with Gasteiger partial charge in [-0.3, -0.25) is 0 Å². The molecule has 0 unspecified atom stereocenters. The first-order valence-electron chi connectivity index (χ1n) is 7.54. The molecule has 1 aromatic heterocycles. The second-order valence-corrected chi connectivity index (χ2v) is 5.52. The van der Waals surface area contributed by atoms with Gasteiger partial charge in [-0.05, 0) is 56.9 Å². The van der Waals surface area contributed by atoms with Gasteiger partial charge in [0, 0.05) is 12.1 Å². The van der Waals surface area contributed by atoms with Gasteiger partial charge in [0.15, 0.2) is 5.82 Å². The molecule has 0 atom stereocenters. The van der Waals surface area contributed by atoms with Crippen LogP contribution in [0, 0.1) is 13.8 Å². The van der Waals surface area contributed by atoms with E-state index in [9.17, 15) is 0 Å². The molecule has 1 fully saturated rings. The maximum Gasteiger partial charge on any atom is 0.151 e. The predicted molar refractivity (Wildman–Crippen MR) is 84.8 cm³/mol. The van der Waals surface area contributed by atoms with Crippen molar-refractivity contribution >= 4 is 5.82 Å². The first-order chi connectivity index (χ1) is 10.2. The van der Waals surface area contributed by atoms with Crippen LogP contribution >= 0.6 is 0 Å². The van der Waals surface area contributed by atoms with E-state index in [4.69, 9.17) is 4.74 Å². The third-order valence-electron chi connectivity index (χ3n) is 3.80. The number of ether oxygens (including phenoxy) is 1. The highest BCUT2D eigenvalue weighted by Gasteiger charge is 2.23. The molecule has 21 heavy (non-hydrogen) atoms. The van der Waals surface area contributed by atoms with Crippen molar-refractivity contribution in [3.8, 4) is 17.0 Å². The summed E-state index contributed by atoms with van der Waals surface area (Å²) in [6, 6.07) is 8.14. The molecular formula is C17H21N3O. The monoisotopic (exact) mass is 283 g/mol. The van der Waals surface area contributed by atoms with Crippen LogP contribution in [0.15, 0.2) is 24.3 Å². The minimum atomic E-state index is 0.408. The third kappa shape index (κ3) is 2.99. The van der Waals surface area contributed by atoms with Gasteiger partial charge in [0.05, 0.1) is 11.8 Å². The Morgan fingerprint density at radius 3 is 2.71 bits per heavy atom. The van der Waals surface area contributed by atoms with Gasteiger partial charge < -0.3 is 10.1 Å². The summed E-state index contributed by atoms with van der Waals surface area (Å²) in [7, 11) is 0. The van der Waals surface area contributed by atoms with Crippen molar-refractivity contribution < 1.29 is 4.74 Å². The molecule has 1 aromatic carbocycles. The van der Waals surface area contributed by atoms with Crippen molar-refractivity contribution in [3.05, 3.63) is 35.4 Å². The van der Waals surface area contributed by atoms with Crippen LogP contribution in [0.4, 0.5) is 5.82 Å². The number of anilines is 1.